The van der Waals surface area contributed by atoms with E-state index >= 15 is 0 Å². The summed E-state index contributed by atoms with van der Waals surface area (Å²) in [5.74, 6) is 4.04. The summed E-state index contributed by atoms with van der Waals surface area (Å²) in [5, 5.41) is 7.57. The highest BCUT2D eigenvalue weighted by Gasteiger charge is 2.22. The van der Waals surface area contributed by atoms with Gasteiger partial charge in [-0.2, -0.15) is 4.98 Å². The number of hydrogen-bond donors (Lipinski definition) is 1. The maximum absolute atomic E-state index is 5.49. The van der Waals surface area contributed by atoms with Crippen LogP contribution in [0.3, 0.4) is 0 Å². The number of hydrogen-bond acceptors (Lipinski definition) is 8. The van der Waals surface area contributed by atoms with Crippen molar-refractivity contribution in [3.05, 3.63) is 48.1 Å². The number of benzene rings is 1. The largest absolute Gasteiger partial charge is 0.370 e. The average molecular weight is 406 g/mol. The van der Waals surface area contributed by atoms with E-state index in [1.165, 1.54) is 18.4 Å². The maximum atomic E-state index is 5.49. The van der Waals surface area contributed by atoms with Gasteiger partial charge in [0, 0.05) is 44.4 Å². The highest BCUT2D eigenvalue weighted by atomic mass is 16.5. The molecule has 1 aromatic carbocycles. The Morgan fingerprint density at radius 2 is 1.87 bits per heavy atom. The summed E-state index contributed by atoms with van der Waals surface area (Å²) in [5.41, 5.74) is 2.20. The first-order valence-corrected chi connectivity index (χ1v) is 10.7. The van der Waals surface area contributed by atoms with Crippen molar-refractivity contribution in [2.24, 2.45) is 5.92 Å². The third-order valence-corrected chi connectivity index (χ3v) is 5.75. The van der Waals surface area contributed by atoms with Crippen molar-refractivity contribution in [2.75, 3.05) is 42.9 Å². The van der Waals surface area contributed by atoms with Gasteiger partial charge in [-0.05, 0) is 25.7 Å². The van der Waals surface area contributed by atoms with Crippen LogP contribution in [-0.2, 0) is 6.54 Å². The summed E-state index contributed by atoms with van der Waals surface area (Å²) in [4.78, 5) is 18.0. The molecule has 1 saturated heterocycles. The van der Waals surface area contributed by atoms with Gasteiger partial charge in [-0.1, -0.05) is 35.0 Å². The Labute approximate surface area is 176 Å². The first-order valence-electron chi connectivity index (χ1n) is 10.7. The first-order chi connectivity index (χ1) is 14.7. The van der Waals surface area contributed by atoms with Crippen LogP contribution in [0.4, 0.5) is 11.6 Å². The zero-order valence-electron chi connectivity index (χ0n) is 17.3. The minimum absolute atomic E-state index is 0.649. The molecule has 156 valence electrons. The van der Waals surface area contributed by atoms with Gasteiger partial charge in [-0.25, -0.2) is 9.97 Å². The second-order valence-corrected chi connectivity index (χ2v) is 8.23. The van der Waals surface area contributed by atoms with Crippen molar-refractivity contribution >= 4 is 11.6 Å². The molecule has 8 heteroatoms. The Morgan fingerprint density at radius 3 is 2.63 bits per heavy atom. The van der Waals surface area contributed by atoms with Gasteiger partial charge in [0.2, 0.25) is 11.7 Å². The van der Waals surface area contributed by atoms with E-state index in [-0.39, 0.29) is 0 Å². The number of aromatic nitrogens is 4. The molecule has 1 saturated carbocycles. The second kappa shape index (κ2) is 8.39. The van der Waals surface area contributed by atoms with E-state index in [0.29, 0.717) is 18.3 Å². The fourth-order valence-corrected chi connectivity index (χ4v) is 3.65. The zero-order valence-corrected chi connectivity index (χ0v) is 17.3. The maximum Gasteiger partial charge on any atom is 0.241 e. The predicted molar refractivity (Wildman–Crippen MR) is 115 cm³/mol. The Hall–Kier alpha value is -3.00. The van der Waals surface area contributed by atoms with Gasteiger partial charge in [0.1, 0.15) is 18.0 Å². The van der Waals surface area contributed by atoms with Crippen molar-refractivity contribution < 1.29 is 4.52 Å². The molecule has 8 nitrogen and oxygen atoms in total. The molecule has 0 unspecified atom stereocenters. The van der Waals surface area contributed by atoms with E-state index in [1.807, 2.05) is 12.1 Å². The lowest BCUT2D eigenvalue weighted by Gasteiger charge is -2.34. The Morgan fingerprint density at radius 1 is 1.07 bits per heavy atom. The van der Waals surface area contributed by atoms with Gasteiger partial charge in [0.25, 0.3) is 0 Å². The molecule has 3 heterocycles. The highest BCUT2D eigenvalue weighted by Crippen LogP contribution is 2.29. The molecule has 0 amide bonds. The third kappa shape index (κ3) is 4.59. The number of rotatable bonds is 7. The third-order valence-electron chi connectivity index (χ3n) is 5.75. The summed E-state index contributed by atoms with van der Waals surface area (Å²) in [6.45, 7) is 7.44. The SMILES string of the molecule is Cc1ccc(-c2noc(CN3CCN(c4cc(NCC5CC5)ncn4)CC3)n2)cc1. The van der Waals surface area contributed by atoms with E-state index in [9.17, 15) is 0 Å². The van der Waals surface area contributed by atoms with Crippen LogP contribution in [0.25, 0.3) is 11.4 Å². The van der Waals surface area contributed by atoms with Crippen molar-refractivity contribution in [3.63, 3.8) is 0 Å². The van der Waals surface area contributed by atoms with Crippen LogP contribution in [0.1, 0.15) is 24.3 Å². The molecule has 5 rings (SSSR count). The van der Waals surface area contributed by atoms with Crippen LogP contribution in [0, 0.1) is 12.8 Å². The normalized spacial score (nSPS) is 17.3. The van der Waals surface area contributed by atoms with E-state index in [4.69, 9.17) is 4.52 Å². The number of nitrogens with one attached hydrogen (secondary N) is 1. The van der Waals surface area contributed by atoms with Crippen molar-refractivity contribution in [3.8, 4) is 11.4 Å². The van der Waals surface area contributed by atoms with Crippen molar-refractivity contribution in [2.45, 2.75) is 26.3 Å². The van der Waals surface area contributed by atoms with Crippen LogP contribution in [0.2, 0.25) is 0 Å². The molecule has 0 atom stereocenters. The summed E-state index contributed by atoms with van der Waals surface area (Å²) < 4.78 is 5.49. The van der Waals surface area contributed by atoms with Crippen LogP contribution in [0.15, 0.2) is 41.2 Å². The summed E-state index contributed by atoms with van der Waals surface area (Å²) in [6, 6.07) is 10.2. The molecule has 2 aromatic heterocycles. The molecule has 2 fully saturated rings. The Bertz CT molecular complexity index is 975. The quantitative estimate of drug-likeness (QED) is 0.642. The van der Waals surface area contributed by atoms with Crippen LogP contribution in [-0.4, -0.2) is 57.7 Å². The van der Waals surface area contributed by atoms with Gasteiger partial charge < -0.3 is 14.7 Å². The van der Waals surface area contributed by atoms with Gasteiger partial charge in [0.15, 0.2) is 0 Å². The number of anilines is 2. The first kappa shape index (κ1) is 19.0. The van der Waals surface area contributed by atoms with Crippen LogP contribution in [0.5, 0.6) is 0 Å². The molecule has 1 aliphatic carbocycles. The fraction of sp³-hybridized carbons (Fsp3) is 0.455. The van der Waals surface area contributed by atoms with Gasteiger partial charge >= 0.3 is 0 Å². The van der Waals surface area contributed by atoms with Gasteiger partial charge in [0.05, 0.1) is 6.54 Å². The van der Waals surface area contributed by atoms with E-state index in [0.717, 1.165) is 55.8 Å². The fourth-order valence-electron chi connectivity index (χ4n) is 3.65. The lowest BCUT2D eigenvalue weighted by molar-refractivity contribution is 0.215. The van der Waals surface area contributed by atoms with Gasteiger partial charge in [-0.3, -0.25) is 4.90 Å². The molecule has 2 aliphatic rings. The monoisotopic (exact) mass is 405 g/mol. The van der Waals surface area contributed by atoms with Gasteiger partial charge in [-0.15, -0.1) is 0 Å². The average Bonchev–Trinajstić information content (AvgIpc) is 3.50. The van der Waals surface area contributed by atoms with Crippen molar-refractivity contribution in [1.82, 2.24) is 25.0 Å². The summed E-state index contributed by atoms with van der Waals surface area (Å²) >= 11 is 0. The number of aryl methyl sites for hydroxylation is 1. The molecule has 0 bridgehead atoms. The van der Waals surface area contributed by atoms with Crippen LogP contribution >= 0.6 is 0 Å². The van der Waals surface area contributed by atoms with Crippen molar-refractivity contribution in [1.29, 1.82) is 0 Å². The highest BCUT2D eigenvalue weighted by molar-refractivity contribution is 5.54. The number of piperazine rings is 1. The molecular formula is C22H27N7O. The van der Waals surface area contributed by atoms with Crippen LogP contribution < -0.4 is 10.2 Å². The van der Waals surface area contributed by atoms with E-state index in [1.54, 1.807) is 6.33 Å². The lowest BCUT2D eigenvalue weighted by atomic mass is 10.1. The second-order valence-electron chi connectivity index (χ2n) is 8.23. The Balaban J connectivity index is 1.15. The standard InChI is InChI=1S/C22H27N7O/c1-16-2-6-18(7-3-16)22-26-21(30-27-22)14-28-8-10-29(11-9-28)20-12-19(24-15-25-20)23-13-17-4-5-17/h2-3,6-7,12,15,17H,4-5,8-11,13-14H2,1H3,(H,23,24,25). The predicted octanol–water partition coefficient (Wildman–Crippen LogP) is 2.98. The molecule has 1 N–H and O–H groups in total. The lowest BCUT2D eigenvalue weighted by Crippen LogP contribution is -2.46. The number of nitrogens with zero attached hydrogens (tertiary/aromatic N) is 6. The molecule has 0 spiro atoms. The minimum Gasteiger partial charge on any atom is -0.370 e. The minimum atomic E-state index is 0.649. The molecular weight excluding hydrogens is 378 g/mol. The zero-order chi connectivity index (χ0) is 20.3. The molecule has 1 aliphatic heterocycles. The van der Waals surface area contributed by atoms with E-state index in [2.05, 4.69) is 60.3 Å². The smallest absolute Gasteiger partial charge is 0.241 e. The molecule has 3 aromatic rings. The molecule has 0 radical (unpaired) electrons. The Kier molecular flexibility index (Phi) is 5.31. The molecule has 30 heavy (non-hydrogen) atoms. The summed E-state index contributed by atoms with van der Waals surface area (Å²) in [7, 11) is 0. The summed E-state index contributed by atoms with van der Waals surface area (Å²) in [6.07, 6.45) is 4.32. The topological polar surface area (TPSA) is 83.2 Å². The van der Waals surface area contributed by atoms with E-state index < -0.39 is 0 Å².